The second-order valence-electron chi connectivity index (χ2n) is 5.22. The fourth-order valence-electron chi connectivity index (χ4n) is 2.68. The number of likely N-dealkylation sites (N-methyl/N-ethyl adjacent to an activating group) is 1. The summed E-state index contributed by atoms with van der Waals surface area (Å²) in [6, 6.07) is 8.93. The van der Waals surface area contributed by atoms with Crippen LogP contribution in [0.3, 0.4) is 0 Å². The second kappa shape index (κ2) is 4.36. The lowest BCUT2D eigenvalue weighted by Gasteiger charge is -2.33. The summed E-state index contributed by atoms with van der Waals surface area (Å²) in [7, 11) is 2.23. The molecule has 0 N–H and O–H groups in total. The van der Waals surface area contributed by atoms with E-state index in [1.54, 1.807) is 5.56 Å². The van der Waals surface area contributed by atoms with Gasteiger partial charge in [0, 0.05) is 13.1 Å². The molecule has 1 aromatic carbocycles. The van der Waals surface area contributed by atoms with Gasteiger partial charge in [-0.2, -0.15) is 0 Å². The van der Waals surface area contributed by atoms with Crippen molar-refractivity contribution >= 4 is 0 Å². The van der Waals surface area contributed by atoms with E-state index in [1.165, 1.54) is 18.5 Å². The molecule has 0 bridgehead atoms. The van der Waals surface area contributed by atoms with Crippen molar-refractivity contribution in [2.75, 3.05) is 13.6 Å². The third-order valence-electron chi connectivity index (χ3n) is 3.22. The Morgan fingerprint density at radius 3 is 2.80 bits per heavy atom. The summed E-state index contributed by atoms with van der Waals surface area (Å²) in [5, 5.41) is 0. The smallest absolute Gasteiger partial charge is 0.0233 e. The summed E-state index contributed by atoms with van der Waals surface area (Å²) in [5.41, 5.74) is 3.11. The molecule has 0 spiro atoms. The molecule has 15 heavy (non-hydrogen) atoms. The number of hydrogen-bond donors (Lipinski definition) is 0. The average Bonchev–Trinajstić information content (AvgIpc) is 2.16. The first-order chi connectivity index (χ1) is 7.16. The highest BCUT2D eigenvalue weighted by Gasteiger charge is 2.23. The maximum Gasteiger partial charge on any atom is 0.0233 e. The first-order valence-electron chi connectivity index (χ1n) is 5.93. The third-order valence-corrected chi connectivity index (χ3v) is 3.22. The van der Waals surface area contributed by atoms with Crippen molar-refractivity contribution < 1.29 is 0 Å². The van der Waals surface area contributed by atoms with E-state index in [1.807, 2.05) is 0 Å². The van der Waals surface area contributed by atoms with Gasteiger partial charge < -0.3 is 4.90 Å². The summed E-state index contributed by atoms with van der Waals surface area (Å²) >= 11 is 0. The molecule has 2 rings (SSSR count). The van der Waals surface area contributed by atoms with Crippen molar-refractivity contribution in [3.05, 3.63) is 35.4 Å². The van der Waals surface area contributed by atoms with Gasteiger partial charge >= 0.3 is 0 Å². The van der Waals surface area contributed by atoms with Crippen molar-refractivity contribution in [1.29, 1.82) is 0 Å². The molecule has 1 aromatic rings. The molecule has 1 aliphatic heterocycles. The monoisotopic (exact) mass is 203 g/mol. The highest BCUT2D eigenvalue weighted by atomic mass is 15.1. The minimum absolute atomic E-state index is 0.736. The van der Waals surface area contributed by atoms with Crippen LogP contribution in [-0.4, -0.2) is 18.5 Å². The zero-order valence-corrected chi connectivity index (χ0v) is 10.0. The number of fused-ring (bicyclic) bond motifs is 1. The van der Waals surface area contributed by atoms with Crippen LogP contribution in [0.5, 0.6) is 0 Å². The van der Waals surface area contributed by atoms with Gasteiger partial charge in [0.15, 0.2) is 0 Å². The Hall–Kier alpha value is -0.820. The average molecular weight is 203 g/mol. The summed E-state index contributed by atoms with van der Waals surface area (Å²) in [6.45, 7) is 6.97. The lowest BCUT2D eigenvalue weighted by molar-refractivity contribution is 0.264. The van der Waals surface area contributed by atoms with Crippen LogP contribution in [0.4, 0.5) is 0 Å². The first kappa shape index (κ1) is 10.7. The molecular weight excluding hydrogens is 182 g/mol. The van der Waals surface area contributed by atoms with E-state index in [9.17, 15) is 0 Å². The van der Waals surface area contributed by atoms with Crippen LogP contribution in [0.25, 0.3) is 0 Å². The fraction of sp³-hybridized carbons (Fsp3) is 0.571. The number of benzene rings is 1. The van der Waals surface area contributed by atoms with Gasteiger partial charge in [-0.05, 0) is 36.4 Å². The summed E-state index contributed by atoms with van der Waals surface area (Å²) in [6.07, 6.45) is 1.31. The fourth-order valence-corrected chi connectivity index (χ4v) is 2.68. The normalized spacial score (nSPS) is 21.7. The summed E-state index contributed by atoms with van der Waals surface area (Å²) < 4.78 is 0. The van der Waals surface area contributed by atoms with E-state index in [0.717, 1.165) is 18.4 Å². The van der Waals surface area contributed by atoms with Crippen molar-refractivity contribution in [2.24, 2.45) is 5.92 Å². The Labute approximate surface area is 93.1 Å². The Kier molecular flexibility index (Phi) is 3.11. The van der Waals surface area contributed by atoms with Gasteiger partial charge in [-0.15, -0.1) is 0 Å². The van der Waals surface area contributed by atoms with Crippen LogP contribution in [0.1, 0.15) is 37.3 Å². The van der Waals surface area contributed by atoms with Crippen molar-refractivity contribution in [3.63, 3.8) is 0 Å². The molecule has 0 radical (unpaired) electrons. The standard InChI is InChI=1S/C14H21N/c1-11(2)8-13-10-15(3)9-12-6-4-5-7-14(12)13/h4-7,11,13H,8-10H2,1-3H3/t13-/m1/s1. The van der Waals surface area contributed by atoms with Crippen LogP contribution in [0.2, 0.25) is 0 Å². The van der Waals surface area contributed by atoms with E-state index >= 15 is 0 Å². The van der Waals surface area contributed by atoms with Gasteiger partial charge in [0.05, 0.1) is 0 Å². The van der Waals surface area contributed by atoms with Crippen molar-refractivity contribution in [1.82, 2.24) is 4.90 Å². The van der Waals surface area contributed by atoms with Crippen LogP contribution in [0.15, 0.2) is 24.3 Å². The molecule has 0 unspecified atom stereocenters. The van der Waals surface area contributed by atoms with E-state index in [0.29, 0.717) is 0 Å². The predicted octanol–water partition coefficient (Wildman–Crippen LogP) is 3.26. The topological polar surface area (TPSA) is 3.24 Å². The number of hydrogen-bond acceptors (Lipinski definition) is 1. The molecule has 1 aliphatic rings. The van der Waals surface area contributed by atoms with Crippen LogP contribution in [0, 0.1) is 5.92 Å². The molecule has 0 saturated carbocycles. The lowest BCUT2D eigenvalue weighted by Crippen LogP contribution is -2.30. The largest absolute Gasteiger partial charge is 0.301 e. The molecule has 1 heterocycles. The Morgan fingerprint density at radius 2 is 2.07 bits per heavy atom. The van der Waals surface area contributed by atoms with E-state index < -0.39 is 0 Å². The molecule has 1 nitrogen and oxygen atoms in total. The van der Waals surface area contributed by atoms with Gasteiger partial charge in [-0.3, -0.25) is 0 Å². The minimum Gasteiger partial charge on any atom is -0.301 e. The number of nitrogens with zero attached hydrogens (tertiary/aromatic N) is 1. The highest BCUT2D eigenvalue weighted by molar-refractivity contribution is 5.32. The molecule has 1 heteroatoms. The van der Waals surface area contributed by atoms with E-state index in [-0.39, 0.29) is 0 Å². The predicted molar refractivity (Wildman–Crippen MR) is 65.0 cm³/mol. The Balaban J connectivity index is 2.26. The molecule has 0 amide bonds. The molecular formula is C14H21N. The SMILES string of the molecule is CC(C)C[C@@H]1CN(C)Cc2ccccc21. The number of rotatable bonds is 2. The van der Waals surface area contributed by atoms with Crippen LogP contribution < -0.4 is 0 Å². The molecule has 0 saturated heterocycles. The molecule has 0 fully saturated rings. The van der Waals surface area contributed by atoms with Crippen molar-refractivity contribution in [2.45, 2.75) is 32.7 Å². The zero-order chi connectivity index (χ0) is 10.8. The van der Waals surface area contributed by atoms with Gasteiger partial charge in [0.1, 0.15) is 0 Å². The maximum atomic E-state index is 2.44. The Bertz CT molecular complexity index is 330. The third kappa shape index (κ3) is 2.40. The highest BCUT2D eigenvalue weighted by Crippen LogP contribution is 2.31. The molecule has 0 aromatic heterocycles. The van der Waals surface area contributed by atoms with Crippen LogP contribution in [-0.2, 0) is 6.54 Å². The molecule has 0 aliphatic carbocycles. The van der Waals surface area contributed by atoms with Gasteiger partial charge in [-0.1, -0.05) is 38.1 Å². The minimum atomic E-state index is 0.736. The summed E-state index contributed by atoms with van der Waals surface area (Å²) in [4.78, 5) is 2.44. The molecule has 1 atom stereocenters. The first-order valence-corrected chi connectivity index (χ1v) is 5.93. The zero-order valence-electron chi connectivity index (χ0n) is 10.0. The second-order valence-corrected chi connectivity index (χ2v) is 5.22. The van der Waals surface area contributed by atoms with E-state index in [4.69, 9.17) is 0 Å². The molecule has 82 valence electrons. The van der Waals surface area contributed by atoms with Crippen molar-refractivity contribution in [3.8, 4) is 0 Å². The summed E-state index contributed by atoms with van der Waals surface area (Å²) in [5.74, 6) is 1.52. The maximum absolute atomic E-state index is 2.44. The van der Waals surface area contributed by atoms with E-state index in [2.05, 4.69) is 50.1 Å². The Morgan fingerprint density at radius 1 is 1.33 bits per heavy atom. The van der Waals surface area contributed by atoms with Gasteiger partial charge in [0.25, 0.3) is 0 Å². The van der Waals surface area contributed by atoms with Gasteiger partial charge in [0.2, 0.25) is 0 Å². The van der Waals surface area contributed by atoms with Crippen LogP contribution >= 0.6 is 0 Å². The quantitative estimate of drug-likeness (QED) is 0.713. The lowest BCUT2D eigenvalue weighted by atomic mass is 9.84. The van der Waals surface area contributed by atoms with Gasteiger partial charge in [-0.25, -0.2) is 0 Å².